The molecule has 0 aliphatic carbocycles. The van der Waals surface area contributed by atoms with Crippen molar-refractivity contribution in [2.75, 3.05) is 10.6 Å². The van der Waals surface area contributed by atoms with Crippen LogP contribution in [0.1, 0.15) is 26.3 Å². The fourth-order valence-electron chi connectivity index (χ4n) is 1.82. The van der Waals surface area contributed by atoms with Gasteiger partial charge in [0.15, 0.2) is 0 Å². The van der Waals surface area contributed by atoms with Gasteiger partial charge in [-0.05, 0) is 30.3 Å². The first-order valence-corrected chi connectivity index (χ1v) is 7.94. The first-order chi connectivity index (χ1) is 10.6. The van der Waals surface area contributed by atoms with Gasteiger partial charge in [-0.2, -0.15) is 0 Å². The van der Waals surface area contributed by atoms with Gasteiger partial charge in [0.05, 0.1) is 5.69 Å². The Morgan fingerprint density at radius 3 is 2.18 bits per heavy atom. The fraction of sp³-hybridized carbons (Fsp3) is 0.167. The minimum Gasteiger partial charge on any atom is -0.355 e. The van der Waals surface area contributed by atoms with Crippen LogP contribution in [0.2, 0.25) is 0 Å². The second-order valence-electron chi connectivity index (χ2n) is 4.34. The zero-order chi connectivity index (χ0) is 16.5. The van der Waals surface area contributed by atoms with Gasteiger partial charge in [-0.3, -0.25) is 4.79 Å². The molecule has 0 fully saturated rings. The highest BCUT2D eigenvalue weighted by molar-refractivity contribution is 9.10. The minimum absolute atomic E-state index is 0.103. The standard InChI is InChI=1S/C16H15BrN2O.C2H6/c1-11(18-14-9-7-13(17)8-10-14)15-5-3-4-6-16(15)19-12(2)20;1-2/h3-10,18H,1H2,2H3,(H,19,20);1-2H3. The molecule has 0 heterocycles. The third kappa shape index (κ3) is 5.37. The molecule has 116 valence electrons. The number of halogens is 1. The highest BCUT2D eigenvalue weighted by Gasteiger charge is 2.07. The largest absolute Gasteiger partial charge is 0.355 e. The van der Waals surface area contributed by atoms with Crippen LogP contribution < -0.4 is 10.6 Å². The van der Waals surface area contributed by atoms with Crippen molar-refractivity contribution in [3.63, 3.8) is 0 Å². The van der Waals surface area contributed by atoms with Crippen molar-refractivity contribution in [1.82, 2.24) is 0 Å². The second kappa shape index (κ2) is 9.05. The van der Waals surface area contributed by atoms with Gasteiger partial charge in [0.25, 0.3) is 0 Å². The molecule has 2 aromatic rings. The van der Waals surface area contributed by atoms with Crippen LogP contribution in [0.5, 0.6) is 0 Å². The lowest BCUT2D eigenvalue weighted by molar-refractivity contribution is -0.114. The van der Waals surface area contributed by atoms with Gasteiger partial charge in [0, 0.05) is 28.3 Å². The SMILES string of the molecule is C=C(Nc1ccc(Br)cc1)c1ccccc1NC(C)=O.CC. The van der Waals surface area contributed by atoms with Crippen molar-refractivity contribution in [1.29, 1.82) is 0 Å². The zero-order valence-corrected chi connectivity index (χ0v) is 14.7. The van der Waals surface area contributed by atoms with Gasteiger partial charge < -0.3 is 10.6 Å². The molecule has 0 saturated carbocycles. The molecular formula is C18H21BrN2O. The summed E-state index contributed by atoms with van der Waals surface area (Å²) in [6.07, 6.45) is 0. The number of carbonyl (C=O) groups is 1. The first-order valence-electron chi connectivity index (χ1n) is 7.15. The maximum Gasteiger partial charge on any atom is 0.221 e. The first kappa shape index (κ1) is 18.0. The molecule has 1 amide bonds. The molecular weight excluding hydrogens is 340 g/mol. The van der Waals surface area contributed by atoms with Crippen LogP contribution in [0.3, 0.4) is 0 Å². The third-order valence-electron chi connectivity index (χ3n) is 2.70. The van der Waals surface area contributed by atoms with Crippen molar-refractivity contribution in [3.8, 4) is 0 Å². The van der Waals surface area contributed by atoms with E-state index < -0.39 is 0 Å². The molecule has 0 spiro atoms. The number of hydrogen-bond donors (Lipinski definition) is 2. The van der Waals surface area contributed by atoms with Gasteiger partial charge in [0.2, 0.25) is 5.91 Å². The van der Waals surface area contributed by atoms with Crippen LogP contribution in [0, 0.1) is 0 Å². The van der Waals surface area contributed by atoms with E-state index in [1.54, 1.807) is 0 Å². The van der Waals surface area contributed by atoms with E-state index in [9.17, 15) is 4.79 Å². The Hall–Kier alpha value is -2.07. The fourth-order valence-corrected chi connectivity index (χ4v) is 2.08. The van der Waals surface area contributed by atoms with E-state index in [-0.39, 0.29) is 5.91 Å². The predicted octanol–water partition coefficient (Wildman–Crippen LogP) is 5.52. The molecule has 0 aromatic heterocycles. The van der Waals surface area contributed by atoms with E-state index in [4.69, 9.17) is 0 Å². The van der Waals surface area contributed by atoms with E-state index in [0.29, 0.717) is 0 Å². The average molecular weight is 361 g/mol. The van der Waals surface area contributed by atoms with E-state index in [1.807, 2.05) is 62.4 Å². The minimum atomic E-state index is -0.103. The molecule has 4 heteroatoms. The number of para-hydroxylation sites is 1. The zero-order valence-electron chi connectivity index (χ0n) is 13.1. The molecule has 0 unspecified atom stereocenters. The van der Waals surface area contributed by atoms with Crippen LogP contribution in [-0.2, 0) is 4.79 Å². The molecule has 0 bridgehead atoms. The van der Waals surface area contributed by atoms with Crippen LogP contribution in [-0.4, -0.2) is 5.91 Å². The molecule has 2 N–H and O–H groups in total. The Bertz CT molecular complexity index is 636. The van der Waals surface area contributed by atoms with Crippen LogP contribution in [0.4, 0.5) is 11.4 Å². The second-order valence-corrected chi connectivity index (χ2v) is 5.25. The van der Waals surface area contributed by atoms with E-state index in [0.717, 1.165) is 27.1 Å². The maximum atomic E-state index is 11.2. The summed E-state index contributed by atoms with van der Waals surface area (Å²) >= 11 is 3.40. The van der Waals surface area contributed by atoms with Crippen LogP contribution in [0.15, 0.2) is 59.6 Å². The Morgan fingerprint density at radius 1 is 1.00 bits per heavy atom. The summed E-state index contributed by atoms with van der Waals surface area (Å²) in [5.74, 6) is -0.103. The molecule has 0 aliphatic heterocycles. The van der Waals surface area contributed by atoms with E-state index >= 15 is 0 Å². The summed E-state index contributed by atoms with van der Waals surface area (Å²) < 4.78 is 1.02. The summed E-state index contributed by atoms with van der Waals surface area (Å²) in [6.45, 7) is 9.52. The number of amides is 1. The van der Waals surface area contributed by atoms with Crippen molar-refractivity contribution in [3.05, 3.63) is 65.1 Å². The van der Waals surface area contributed by atoms with Crippen molar-refractivity contribution in [2.45, 2.75) is 20.8 Å². The highest BCUT2D eigenvalue weighted by Crippen LogP contribution is 2.25. The average Bonchev–Trinajstić information content (AvgIpc) is 2.51. The van der Waals surface area contributed by atoms with Gasteiger partial charge in [0.1, 0.15) is 0 Å². The monoisotopic (exact) mass is 360 g/mol. The quantitative estimate of drug-likeness (QED) is 0.753. The number of carbonyl (C=O) groups excluding carboxylic acids is 1. The molecule has 0 aliphatic rings. The molecule has 2 rings (SSSR count). The number of rotatable bonds is 4. The summed E-state index contributed by atoms with van der Waals surface area (Å²) in [6, 6.07) is 15.4. The Morgan fingerprint density at radius 2 is 1.59 bits per heavy atom. The Balaban J connectivity index is 0.00000116. The number of anilines is 2. The van der Waals surface area contributed by atoms with Crippen LogP contribution in [0.25, 0.3) is 5.70 Å². The summed E-state index contributed by atoms with van der Waals surface area (Å²) in [7, 11) is 0. The molecule has 0 saturated heterocycles. The van der Waals surface area contributed by atoms with E-state index in [2.05, 4.69) is 33.1 Å². The highest BCUT2D eigenvalue weighted by atomic mass is 79.9. The Kier molecular flexibility index (Phi) is 7.40. The van der Waals surface area contributed by atoms with Gasteiger partial charge in [-0.15, -0.1) is 0 Å². The summed E-state index contributed by atoms with van der Waals surface area (Å²) in [4.78, 5) is 11.2. The molecule has 0 atom stereocenters. The van der Waals surface area contributed by atoms with Crippen LogP contribution >= 0.6 is 15.9 Å². The summed E-state index contributed by atoms with van der Waals surface area (Å²) in [5.41, 5.74) is 3.28. The number of benzene rings is 2. The lowest BCUT2D eigenvalue weighted by Gasteiger charge is -2.14. The topological polar surface area (TPSA) is 41.1 Å². The lowest BCUT2D eigenvalue weighted by Crippen LogP contribution is -2.09. The molecule has 22 heavy (non-hydrogen) atoms. The van der Waals surface area contributed by atoms with Gasteiger partial charge >= 0.3 is 0 Å². The molecule has 3 nitrogen and oxygen atoms in total. The third-order valence-corrected chi connectivity index (χ3v) is 3.23. The van der Waals surface area contributed by atoms with E-state index in [1.165, 1.54) is 6.92 Å². The predicted molar refractivity (Wildman–Crippen MR) is 98.9 cm³/mol. The molecule has 2 aromatic carbocycles. The van der Waals surface area contributed by atoms with Crippen molar-refractivity contribution in [2.24, 2.45) is 0 Å². The van der Waals surface area contributed by atoms with Crippen molar-refractivity contribution < 1.29 is 4.79 Å². The van der Waals surface area contributed by atoms with Gasteiger partial charge in [-0.25, -0.2) is 0 Å². The van der Waals surface area contributed by atoms with Crippen molar-refractivity contribution >= 4 is 38.9 Å². The Labute approximate surface area is 140 Å². The maximum absolute atomic E-state index is 11.2. The smallest absolute Gasteiger partial charge is 0.221 e. The number of nitrogens with one attached hydrogen (secondary N) is 2. The normalized spacial score (nSPS) is 9.27. The lowest BCUT2D eigenvalue weighted by atomic mass is 10.1. The molecule has 0 radical (unpaired) electrons. The van der Waals surface area contributed by atoms with Gasteiger partial charge in [-0.1, -0.05) is 54.6 Å². The summed E-state index contributed by atoms with van der Waals surface area (Å²) in [5, 5.41) is 6.03. The number of hydrogen-bond acceptors (Lipinski definition) is 2.